The van der Waals surface area contributed by atoms with Crippen molar-refractivity contribution in [3.05, 3.63) is 45.6 Å². The van der Waals surface area contributed by atoms with Crippen LogP contribution in [0.1, 0.15) is 18.4 Å². The molecule has 2 aliphatic rings. The SMILES string of the molecule is O=COC1C2CC=C(I)CC1N(Cc1ccccc1)C2=O. The van der Waals surface area contributed by atoms with E-state index in [1.807, 2.05) is 35.2 Å². The molecule has 1 aliphatic carbocycles. The second-order valence-electron chi connectivity index (χ2n) is 5.41. The Balaban J connectivity index is 1.88. The van der Waals surface area contributed by atoms with Gasteiger partial charge in [-0.15, -0.1) is 0 Å². The monoisotopic (exact) mass is 397 g/mol. The first-order valence-corrected chi connectivity index (χ1v) is 8.06. The van der Waals surface area contributed by atoms with E-state index < -0.39 is 0 Å². The van der Waals surface area contributed by atoms with Crippen molar-refractivity contribution in [2.24, 2.45) is 5.92 Å². The van der Waals surface area contributed by atoms with Crippen molar-refractivity contribution in [2.75, 3.05) is 0 Å². The Morgan fingerprint density at radius 2 is 2.10 bits per heavy atom. The molecule has 0 saturated carbocycles. The minimum atomic E-state index is -0.331. The molecule has 1 aliphatic heterocycles. The van der Waals surface area contributed by atoms with E-state index in [1.54, 1.807) is 0 Å². The maximum atomic E-state index is 12.6. The zero-order valence-electron chi connectivity index (χ0n) is 11.4. The molecule has 0 N–H and O–H groups in total. The van der Waals surface area contributed by atoms with Gasteiger partial charge in [0.1, 0.15) is 6.10 Å². The third-order valence-corrected chi connectivity index (χ3v) is 5.06. The number of likely N-dealkylation sites (tertiary alicyclic amines) is 1. The predicted octanol–water partition coefficient (Wildman–Crippen LogP) is 2.67. The van der Waals surface area contributed by atoms with Crippen molar-refractivity contribution in [3.8, 4) is 0 Å². The summed E-state index contributed by atoms with van der Waals surface area (Å²) in [6.45, 7) is 1.05. The van der Waals surface area contributed by atoms with Gasteiger partial charge in [0.25, 0.3) is 6.47 Å². The number of ether oxygens (including phenoxy) is 1. The van der Waals surface area contributed by atoms with Gasteiger partial charge in [0, 0.05) is 13.0 Å². The topological polar surface area (TPSA) is 46.6 Å². The maximum absolute atomic E-state index is 12.6. The summed E-state index contributed by atoms with van der Waals surface area (Å²) in [6, 6.07) is 9.87. The number of rotatable bonds is 4. The maximum Gasteiger partial charge on any atom is 0.293 e. The molecule has 1 saturated heterocycles. The van der Waals surface area contributed by atoms with E-state index in [4.69, 9.17) is 4.74 Å². The van der Waals surface area contributed by atoms with E-state index in [0.29, 0.717) is 19.4 Å². The van der Waals surface area contributed by atoms with Gasteiger partial charge in [-0.2, -0.15) is 0 Å². The molecule has 1 fully saturated rings. The zero-order valence-corrected chi connectivity index (χ0v) is 13.6. The van der Waals surface area contributed by atoms with Gasteiger partial charge in [-0.05, 0) is 38.2 Å². The fourth-order valence-corrected chi connectivity index (χ4v) is 3.89. The quantitative estimate of drug-likeness (QED) is 0.580. The van der Waals surface area contributed by atoms with Crippen molar-refractivity contribution >= 4 is 35.0 Å². The first kappa shape index (κ1) is 14.6. The number of nitrogens with zero attached hydrogens (tertiary/aromatic N) is 1. The number of amides is 1. The van der Waals surface area contributed by atoms with E-state index >= 15 is 0 Å². The number of benzene rings is 1. The molecule has 0 aromatic heterocycles. The zero-order chi connectivity index (χ0) is 14.8. The van der Waals surface area contributed by atoms with Gasteiger partial charge in [-0.1, -0.05) is 36.4 Å². The standard InChI is InChI=1S/C16H16INO3/c17-12-6-7-13-15(21-10-19)14(8-12)18(16(13)20)9-11-4-2-1-3-5-11/h1-6,10,13-15H,7-9H2. The molecule has 3 atom stereocenters. The van der Waals surface area contributed by atoms with Crippen LogP contribution in [0.4, 0.5) is 0 Å². The van der Waals surface area contributed by atoms with Crippen LogP contribution in [-0.4, -0.2) is 29.4 Å². The lowest BCUT2D eigenvalue weighted by molar-refractivity contribution is -0.137. The molecule has 3 rings (SSSR count). The molecule has 21 heavy (non-hydrogen) atoms. The van der Waals surface area contributed by atoms with Crippen molar-refractivity contribution in [1.82, 2.24) is 4.90 Å². The Hall–Kier alpha value is -1.37. The van der Waals surface area contributed by atoms with Crippen LogP contribution in [0, 0.1) is 5.92 Å². The molecular weight excluding hydrogens is 381 g/mol. The Kier molecular flexibility index (Phi) is 4.28. The van der Waals surface area contributed by atoms with Crippen molar-refractivity contribution < 1.29 is 14.3 Å². The van der Waals surface area contributed by atoms with E-state index in [9.17, 15) is 9.59 Å². The summed E-state index contributed by atoms with van der Waals surface area (Å²) in [5.41, 5.74) is 1.10. The number of halogens is 1. The molecule has 0 radical (unpaired) electrons. The number of carbonyl (C=O) groups excluding carboxylic acids is 2. The minimum Gasteiger partial charge on any atom is -0.462 e. The molecule has 1 aromatic carbocycles. The molecule has 0 spiro atoms. The minimum absolute atomic E-state index is 0.0569. The average Bonchev–Trinajstić information content (AvgIpc) is 2.62. The Bertz CT molecular complexity index is 572. The highest BCUT2D eigenvalue weighted by molar-refractivity contribution is 14.1. The summed E-state index contributed by atoms with van der Waals surface area (Å²) in [5, 5.41) is 0. The van der Waals surface area contributed by atoms with Gasteiger partial charge in [0.2, 0.25) is 5.91 Å². The lowest BCUT2D eigenvalue weighted by Gasteiger charge is -2.27. The predicted molar refractivity (Wildman–Crippen MR) is 86.5 cm³/mol. The summed E-state index contributed by atoms with van der Waals surface area (Å²) in [6.07, 6.45) is 3.16. The number of carbonyl (C=O) groups is 2. The van der Waals surface area contributed by atoms with Gasteiger partial charge in [-0.3, -0.25) is 9.59 Å². The lowest BCUT2D eigenvalue weighted by Crippen LogP contribution is -2.37. The third kappa shape index (κ3) is 2.84. The Morgan fingerprint density at radius 1 is 1.33 bits per heavy atom. The highest BCUT2D eigenvalue weighted by Crippen LogP contribution is 2.39. The summed E-state index contributed by atoms with van der Waals surface area (Å²) in [7, 11) is 0. The van der Waals surface area contributed by atoms with Gasteiger partial charge in [-0.25, -0.2) is 0 Å². The van der Waals surface area contributed by atoms with Crippen LogP contribution in [0.5, 0.6) is 0 Å². The summed E-state index contributed by atoms with van der Waals surface area (Å²) < 4.78 is 6.48. The molecular formula is C16H16INO3. The van der Waals surface area contributed by atoms with E-state index in [2.05, 4.69) is 28.7 Å². The smallest absolute Gasteiger partial charge is 0.293 e. The molecule has 110 valence electrons. The van der Waals surface area contributed by atoms with Crippen molar-refractivity contribution in [1.29, 1.82) is 0 Å². The van der Waals surface area contributed by atoms with Crippen LogP contribution in [0.3, 0.4) is 0 Å². The summed E-state index contributed by atoms with van der Waals surface area (Å²) >= 11 is 2.31. The van der Waals surface area contributed by atoms with Gasteiger partial charge >= 0.3 is 0 Å². The average molecular weight is 397 g/mol. The fraction of sp³-hybridized carbons (Fsp3) is 0.375. The van der Waals surface area contributed by atoms with Gasteiger partial charge < -0.3 is 9.64 Å². The Labute approximate surface area is 137 Å². The molecule has 5 heteroatoms. The molecule has 3 unspecified atom stereocenters. The van der Waals surface area contributed by atoms with Crippen molar-refractivity contribution in [3.63, 3.8) is 0 Å². The van der Waals surface area contributed by atoms with Crippen LogP contribution >= 0.6 is 22.6 Å². The van der Waals surface area contributed by atoms with E-state index in [-0.39, 0.29) is 24.0 Å². The molecule has 1 heterocycles. The normalized spacial score (nSPS) is 28.0. The van der Waals surface area contributed by atoms with Crippen LogP contribution in [-0.2, 0) is 20.9 Å². The highest BCUT2D eigenvalue weighted by atomic mass is 127. The lowest BCUT2D eigenvalue weighted by atomic mass is 9.99. The fourth-order valence-electron chi connectivity index (χ4n) is 3.19. The number of hydrogen-bond acceptors (Lipinski definition) is 3. The van der Waals surface area contributed by atoms with Crippen molar-refractivity contribution in [2.45, 2.75) is 31.5 Å². The largest absolute Gasteiger partial charge is 0.462 e. The Morgan fingerprint density at radius 3 is 2.81 bits per heavy atom. The van der Waals surface area contributed by atoms with Crippen LogP contribution in [0.15, 0.2) is 40.0 Å². The third-order valence-electron chi connectivity index (χ3n) is 4.18. The van der Waals surface area contributed by atoms with Crippen LogP contribution < -0.4 is 0 Å². The molecule has 1 amide bonds. The highest BCUT2D eigenvalue weighted by Gasteiger charge is 2.50. The number of allylic oxidation sites excluding steroid dienone is 1. The molecule has 1 aromatic rings. The van der Waals surface area contributed by atoms with Gasteiger partial charge in [0.05, 0.1) is 12.0 Å². The van der Waals surface area contributed by atoms with E-state index in [1.165, 1.54) is 3.58 Å². The number of fused-ring (bicyclic) bond motifs is 2. The second-order valence-corrected chi connectivity index (χ2v) is 6.80. The van der Waals surface area contributed by atoms with E-state index in [0.717, 1.165) is 12.0 Å². The molecule has 2 bridgehead atoms. The number of hydrogen-bond donors (Lipinski definition) is 0. The summed E-state index contributed by atoms with van der Waals surface area (Å²) in [4.78, 5) is 25.3. The van der Waals surface area contributed by atoms with Crippen LogP contribution in [0.2, 0.25) is 0 Å². The van der Waals surface area contributed by atoms with Crippen LogP contribution in [0.25, 0.3) is 0 Å². The first-order chi connectivity index (χ1) is 10.2. The second kappa shape index (κ2) is 6.17. The first-order valence-electron chi connectivity index (χ1n) is 6.98. The van der Waals surface area contributed by atoms with Gasteiger partial charge in [0.15, 0.2) is 0 Å². The summed E-state index contributed by atoms with van der Waals surface area (Å²) in [5.74, 6) is -0.146. The molecule has 4 nitrogen and oxygen atoms in total.